The molecule has 2 amide bonds. The maximum absolute atomic E-state index is 10.9. The number of benzene rings is 2. The van der Waals surface area contributed by atoms with E-state index in [9.17, 15) is 9.59 Å². The summed E-state index contributed by atoms with van der Waals surface area (Å²) in [5.74, 6) is -1.28. The highest BCUT2D eigenvalue weighted by molar-refractivity contribution is 6.00. The molecule has 1 unspecified atom stereocenters. The van der Waals surface area contributed by atoms with E-state index >= 15 is 0 Å². The van der Waals surface area contributed by atoms with Crippen molar-refractivity contribution in [1.29, 1.82) is 5.26 Å². The first-order valence-electron chi connectivity index (χ1n) is 7.97. The second-order valence-electron chi connectivity index (χ2n) is 5.47. The van der Waals surface area contributed by atoms with E-state index in [-0.39, 0.29) is 17.4 Å². The second kappa shape index (κ2) is 11.2. The van der Waals surface area contributed by atoms with E-state index in [2.05, 4.69) is 0 Å². The van der Waals surface area contributed by atoms with E-state index in [1.165, 1.54) is 6.08 Å². The van der Waals surface area contributed by atoms with Crippen LogP contribution in [0.4, 0.5) is 0 Å². The Kier molecular flexibility index (Phi) is 8.87. The first kappa shape index (κ1) is 20.6. The van der Waals surface area contributed by atoms with Crippen molar-refractivity contribution >= 4 is 17.9 Å². The van der Waals surface area contributed by atoms with Crippen LogP contribution in [0.25, 0.3) is 6.08 Å². The molecule has 26 heavy (non-hydrogen) atoms. The van der Waals surface area contributed by atoms with Crippen LogP contribution in [-0.4, -0.2) is 18.4 Å². The zero-order chi connectivity index (χ0) is 19.4. The third-order valence-corrected chi connectivity index (χ3v) is 3.51. The number of carbonyl (C=O) groups is 2. The molecule has 0 saturated heterocycles. The van der Waals surface area contributed by atoms with Crippen LogP contribution in [0.5, 0.6) is 0 Å². The van der Waals surface area contributed by atoms with Gasteiger partial charge in [0.2, 0.25) is 5.91 Å². The van der Waals surface area contributed by atoms with Crippen LogP contribution in [0, 0.1) is 17.2 Å². The molecular weight excluding hydrogens is 328 g/mol. The number of rotatable bonds is 6. The summed E-state index contributed by atoms with van der Waals surface area (Å²) < 4.78 is 0. The smallest absolute Gasteiger partial charge is 0.259 e. The fourth-order valence-electron chi connectivity index (χ4n) is 2.07. The summed E-state index contributed by atoms with van der Waals surface area (Å²) in [5.41, 5.74) is 17.4. The fraction of sp³-hybridized carbons (Fsp3) is 0.150. The van der Waals surface area contributed by atoms with E-state index in [0.29, 0.717) is 13.0 Å². The number of carbonyl (C=O) groups excluding carboxylic acids is 2. The topological polar surface area (TPSA) is 136 Å². The molecule has 6 N–H and O–H groups in total. The van der Waals surface area contributed by atoms with Crippen molar-refractivity contribution in [2.75, 3.05) is 6.54 Å². The largest absolute Gasteiger partial charge is 0.369 e. The summed E-state index contributed by atoms with van der Waals surface area (Å²) in [4.78, 5) is 21.5. The van der Waals surface area contributed by atoms with Crippen molar-refractivity contribution in [3.05, 3.63) is 77.4 Å². The molecule has 2 rings (SSSR count). The Morgan fingerprint density at radius 1 is 1.00 bits per heavy atom. The predicted molar refractivity (Wildman–Crippen MR) is 101 cm³/mol. The van der Waals surface area contributed by atoms with Crippen molar-refractivity contribution in [2.45, 2.75) is 6.42 Å². The summed E-state index contributed by atoms with van der Waals surface area (Å²) in [7, 11) is 0. The monoisotopic (exact) mass is 350 g/mol. The molecule has 2 aromatic carbocycles. The van der Waals surface area contributed by atoms with Gasteiger partial charge in [-0.3, -0.25) is 9.59 Å². The van der Waals surface area contributed by atoms with E-state index in [1.807, 2.05) is 48.5 Å². The third-order valence-electron chi connectivity index (χ3n) is 3.51. The quantitative estimate of drug-likeness (QED) is 0.535. The van der Waals surface area contributed by atoms with Crippen molar-refractivity contribution in [2.24, 2.45) is 23.1 Å². The molecule has 0 saturated carbocycles. The molecule has 0 radical (unpaired) electrons. The van der Waals surface area contributed by atoms with Crippen LogP contribution in [0.2, 0.25) is 0 Å². The van der Waals surface area contributed by atoms with Crippen molar-refractivity contribution in [1.82, 2.24) is 0 Å². The highest BCUT2D eigenvalue weighted by Crippen LogP contribution is 2.07. The van der Waals surface area contributed by atoms with Crippen LogP contribution >= 0.6 is 0 Å². The normalized spacial score (nSPS) is 11.5. The average Bonchev–Trinajstić information content (AvgIpc) is 2.66. The maximum atomic E-state index is 10.9. The highest BCUT2D eigenvalue weighted by Gasteiger charge is 2.13. The van der Waals surface area contributed by atoms with Gasteiger partial charge in [0, 0.05) is 6.54 Å². The lowest BCUT2D eigenvalue weighted by Crippen LogP contribution is -2.31. The number of hydrogen-bond donors (Lipinski definition) is 3. The minimum Gasteiger partial charge on any atom is -0.369 e. The molecule has 2 aromatic rings. The summed E-state index contributed by atoms with van der Waals surface area (Å²) in [6.45, 7) is 0.310. The van der Waals surface area contributed by atoms with E-state index < -0.39 is 5.91 Å². The average molecular weight is 350 g/mol. The number of nitrogens with zero attached hydrogens (tertiary/aromatic N) is 1. The molecule has 134 valence electrons. The van der Waals surface area contributed by atoms with Crippen LogP contribution < -0.4 is 17.2 Å². The molecule has 1 atom stereocenters. The molecule has 6 heteroatoms. The first-order chi connectivity index (χ1) is 12.5. The Balaban J connectivity index is 0.000000260. The van der Waals surface area contributed by atoms with Gasteiger partial charge < -0.3 is 17.2 Å². The van der Waals surface area contributed by atoms with Gasteiger partial charge in [0.1, 0.15) is 11.6 Å². The minimum atomic E-state index is -0.702. The lowest BCUT2D eigenvalue weighted by atomic mass is 9.99. The van der Waals surface area contributed by atoms with E-state index in [0.717, 1.165) is 11.1 Å². The standard InChI is InChI=1S/C10H14N2O.C10H8N2O/c2*11-7-9(10(12)13)6-8-4-2-1-3-5-8/h1-5,9H,6-7,11H2,(H2,12,13);1-6H,(H2,12,13)/b;9-6-. The van der Waals surface area contributed by atoms with Gasteiger partial charge in [-0.1, -0.05) is 60.7 Å². The molecule has 0 bridgehead atoms. The van der Waals surface area contributed by atoms with E-state index in [1.54, 1.807) is 18.2 Å². The van der Waals surface area contributed by atoms with Gasteiger partial charge in [-0.2, -0.15) is 5.26 Å². The van der Waals surface area contributed by atoms with Gasteiger partial charge in [-0.05, 0) is 23.6 Å². The fourth-order valence-corrected chi connectivity index (χ4v) is 2.07. The van der Waals surface area contributed by atoms with Crippen LogP contribution in [0.3, 0.4) is 0 Å². The predicted octanol–water partition coefficient (Wildman–Crippen LogP) is 1.37. The molecule has 0 spiro atoms. The number of hydrogen-bond acceptors (Lipinski definition) is 4. The first-order valence-corrected chi connectivity index (χ1v) is 7.97. The van der Waals surface area contributed by atoms with Crippen LogP contribution in [0.1, 0.15) is 11.1 Å². The van der Waals surface area contributed by atoms with E-state index in [4.69, 9.17) is 22.5 Å². The Hall–Kier alpha value is -3.43. The summed E-state index contributed by atoms with van der Waals surface area (Å²) >= 11 is 0. The van der Waals surface area contributed by atoms with Gasteiger partial charge in [0.05, 0.1) is 5.92 Å². The molecule has 6 nitrogen and oxygen atoms in total. The SMILES string of the molecule is N#C/C(=C/c1ccccc1)C(N)=O.NCC(Cc1ccccc1)C(N)=O. The molecule has 0 aliphatic carbocycles. The van der Waals surface area contributed by atoms with Gasteiger partial charge in [-0.25, -0.2) is 0 Å². The molecule has 0 aromatic heterocycles. The summed E-state index contributed by atoms with van der Waals surface area (Å²) in [6, 6.07) is 20.6. The number of primary amides is 2. The second-order valence-corrected chi connectivity index (χ2v) is 5.47. The summed E-state index contributed by atoms with van der Waals surface area (Å²) in [6.07, 6.45) is 2.09. The number of amides is 2. The third kappa shape index (κ3) is 7.43. The lowest BCUT2D eigenvalue weighted by molar-refractivity contribution is -0.121. The van der Waals surface area contributed by atoms with Gasteiger partial charge in [0.15, 0.2) is 0 Å². The molecule has 0 aliphatic heterocycles. The van der Waals surface area contributed by atoms with Crippen molar-refractivity contribution < 1.29 is 9.59 Å². The molecule has 0 aliphatic rings. The number of nitriles is 1. The van der Waals surface area contributed by atoms with Crippen molar-refractivity contribution in [3.63, 3.8) is 0 Å². The molecular formula is C20H22N4O2. The molecule has 0 heterocycles. The number of nitrogens with two attached hydrogens (primary N) is 3. The Morgan fingerprint density at radius 3 is 1.96 bits per heavy atom. The Morgan fingerprint density at radius 2 is 1.54 bits per heavy atom. The Labute approximate surface area is 152 Å². The maximum Gasteiger partial charge on any atom is 0.259 e. The lowest BCUT2D eigenvalue weighted by Gasteiger charge is -2.09. The zero-order valence-corrected chi connectivity index (χ0v) is 14.3. The summed E-state index contributed by atoms with van der Waals surface area (Å²) in [5, 5.41) is 8.54. The van der Waals surface area contributed by atoms with Gasteiger partial charge in [-0.15, -0.1) is 0 Å². The zero-order valence-electron chi connectivity index (χ0n) is 14.3. The Bertz CT molecular complexity index is 780. The van der Waals surface area contributed by atoms with Gasteiger partial charge >= 0.3 is 0 Å². The van der Waals surface area contributed by atoms with Crippen molar-refractivity contribution in [3.8, 4) is 6.07 Å². The van der Waals surface area contributed by atoms with Gasteiger partial charge in [0.25, 0.3) is 5.91 Å². The minimum absolute atomic E-state index is 0.0359. The highest BCUT2D eigenvalue weighted by atomic mass is 16.1. The van der Waals surface area contributed by atoms with Crippen LogP contribution in [0.15, 0.2) is 66.2 Å². The molecule has 0 fully saturated rings. The van der Waals surface area contributed by atoms with Crippen LogP contribution in [-0.2, 0) is 16.0 Å².